The molecule has 68 valence electrons. The van der Waals surface area contributed by atoms with Crippen LogP contribution in [-0.4, -0.2) is 12.1 Å². The first kappa shape index (κ1) is 11.1. The van der Waals surface area contributed by atoms with Crippen LogP contribution in [0.5, 0.6) is 0 Å². The average Bonchev–Trinajstić information content (AvgIpc) is 2.16. The maximum Gasteiger partial charge on any atom is 0.266 e. The first-order valence-electron chi connectivity index (χ1n) is 3.68. The minimum atomic E-state index is -0.474. The van der Waals surface area contributed by atoms with Crippen molar-refractivity contribution in [2.24, 2.45) is 0 Å². The zero-order valence-electron chi connectivity index (χ0n) is 7.29. The number of carbonyl (C=O) groups is 1. The molecule has 0 aromatic carbocycles. The lowest BCUT2D eigenvalue weighted by Gasteiger charge is -1.99. The van der Waals surface area contributed by atoms with E-state index in [0.717, 1.165) is 0 Å². The molecule has 0 atom stereocenters. The van der Waals surface area contributed by atoms with Gasteiger partial charge in [0.2, 0.25) is 0 Å². The normalized spacial score (nSPS) is 10.9. The molecule has 0 aromatic rings. The van der Waals surface area contributed by atoms with Crippen LogP contribution in [0.25, 0.3) is 0 Å². The van der Waals surface area contributed by atoms with Gasteiger partial charge in [-0.25, -0.2) is 0 Å². The van der Waals surface area contributed by atoms with E-state index in [1.807, 2.05) is 0 Å². The highest BCUT2D eigenvalue weighted by Crippen LogP contribution is 1.90. The molecule has 0 aliphatic heterocycles. The Morgan fingerprint density at radius 1 is 1.31 bits per heavy atom. The van der Waals surface area contributed by atoms with Gasteiger partial charge in [-0.05, 0) is 12.2 Å². The minimum absolute atomic E-state index is 0.474. The van der Waals surface area contributed by atoms with Gasteiger partial charge in [0.1, 0.15) is 0 Å². The third-order valence-electron chi connectivity index (χ3n) is 1.14. The van der Waals surface area contributed by atoms with Crippen molar-refractivity contribution in [3.05, 3.63) is 49.2 Å². The van der Waals surface area contributed by atoms with Crippen LogP contribution in [0.3, 0.4) is 0 Å². The fourth-order valence-electron chi connectivity index (χ4n) is 0.577. The first-order chi connectivity index (χ1) is 6.24. The smallest absolute Gasteiger partial charge is 0.266 e. The third kappa shape index (κ3) is 5.38. The molecule has 0 fully saturated rings. The van der Waals surface area contributed by atoms with E-state index in [1.54, 1.807) is 24.3 Å². The van der Waals surface area contributed by atoms with Crippen molar-refractivity contribution in [3.63, 3.8) is 0 Å². The van der Waals surface area contributed by atoms with E-state index >= 15 is 0 Å². The van der Waals surface area contributed by atoms with E-state index in [9.17, 15) is 4.79 Å². The molecule has 0 rings (SSSR count). The maximum absolute atomic E-state index is 10.7. The summed E-state index contributed by atoms with van der Waals surface area (Å²) in [4.78, 5) is 10.7. The second-order valence-electron chi connectivity index (χ2n) is 2.08. The van der Waals surface area contributed by atoms with Gasteiger partial charge in [-0.3, -0.25) is 4.79 Å². The molecule has 0 saturated carbocycles. The largest absolute Gasteiger partial charge is 0.321 e. The zero-order chi connectivity index (χ0) is 10.1. The number of carbonyl (C=O) groups excluding carboxylic acids is 1. The molecule has 0 aliphatic carbocycles. The van der Waals surface area contributed by atoms with Gasteiger partial charge >= 0.3 is 0 Å². The molecule has 1 amide bonds. The Hall–Kier alpha value is -1.90. The van der Waals surface area contributed by atoms with Gasteiger partial charge in [0, 0.05) is 5.70 Å². The van der Waals surface area contributed by atoms with E-state index < -0.39 is 5.91 Å². The maximum atomic E-state index is 10.7. The Bertz CT molecular complexity index is 275. The zero-order valence-corrected chi connectivity index (χ0v) is 7.29. The number of rotatable bonds is 5. The number of nitrogens with one attached hydrogen (secondary N) is 2. The van der Waals surface area contributed by atoms with Gasteiger partial charge in [-0.2, -0.15) is 0 Å². The van der Waals surface area contributed by atoms with Crippen LogP contribution in [-0.2, 0) is 4.79 Å². The van der Waals surface area contributed by atoms with Crippen LogP contribution >= 0.6 is 0 Å². The van der Waals surface area contributed by atoms with Crippen molar-refractivity contribution in [2.45, 2.75) is 0 Å². The van der Waals surface area contributed by atoms with Crippen LogP contribution in [0.1, 0.15) is 0 Å². The SMILES string of the molecule is C=C/C=C\C=C(/C=C)NC(=O)C=N. The van der Waals surface area contributed by atoms with Crippen molar-refractivity contribution in [3.8, 4) is 0 Å². The average molecular weight is 176 g/mol. The van der Waals surface area contributed by atoms with E-state index in [-0.39, 0.29) is 0 Å². The second kappa shape index (κ2) is 6.79. The van der Waals surface area contributed by atoms with Gasteiger partial charge in [0.25, 0.3) is 5.91 Å². The quantitative estimate of drug-likeness (QED) is 0.484. The summed E-state index contributed by atoms with van der Waals surface area (Å²) in [6, 6.07) is 0. The number of allylic oxidation sites excluding steroid dienone is 5. The first-order valence-corrected chi connectivity index (χ1v) is 3.68. The van der Waals surface area contributed by atoms with Gasteiger partial charge < -0.3 is 10.7 Å². The topological polar surface area (TPSA) is 53.0 Å². The molecule has 2 N–H and O–H groups in total. The van der Waals surface area contributed by atoms with Crippen LogP contribution in [0.2, 0.25) is 0 Å². The number of amides is 1. The van der Waals surface area contributed by atoms with Gasteiger partial charge in [0.05, 0.1) is 6.21 Å². The molecule has 0 aromatic heterocycles. The highest BCUT2D eigenvalue weighted by molar-refractivity contribution is 6.25. The van der Waals surface area contributed by atoms with Crippen LogP contribution in [0, 0.1) is 5.41 Å². The molecule has 0 saturated heterocycles. The fourth-order valence-corrected chi connectivity index (χ4v) is 0.577. The van der Waals surface area contributed by atoms with Crippen molar-refractivity contribution in [1.29, 1.82) is 5.41 Å². The summed E-state index contributed by atoms with van der Waals surface area (Å²) in [6.07, 6.45) is 8.92. The highest BCUT2D eigenvalue weighted by Gasteiger charge is 1.94. The molecular formula is C10H12N2O. The van der Waals surface area contributed by atoms with E-state index in [2.05, 4.69) is 18.5 Å². The Morgan fingerprint density at radius 3 is 2.46 bits per heavy atom. The summed E-state index contributed by atoms with van der Waals surface area (Å²) in [5.41, 5.74) is 0.548. The summed E-state index contributed by atoms with van der Waals surface area (Å²) in [5, 5.41) is 9.11. The third-order valence-corrected chi connectivity index (χ3v) is 1.14. The second-order valence-corrected chi connectivity index (χ2v) is 2.08. The van der Waals surface area contributed by atoms with Crippen molar-refractivity contribution in [2.75, 3.05) is 0 Å². The molecule has 3 nitrogen and oxygen atoms in total. The Balaban J connectivity index is 4.32. The van der Waals surface area contributed by atoms with Crippen molar-refractivity contribution in [1.82, 2.24) is 5.32 Å². The summed E-state index contributed by atoms with van der Waals surface area (Å²) >= 11 is 0. The molecule has 0 aliphatic rings. The lowest BCUT2D eigenvalue weighted by atomic mass is 10.3. The van der Waals surface area contributed by atoms with Crippen molar-refractivity contribution >= 4 is 12.1 Å². The Labute approximate surface area is 77.7 Å². The van der Waals surface area contributed by atoms with E-state index in [0.29, 0.717) is 11.9 Å². The Kier molecular flexibility index (Phi) is 5.80. The Morgan fingerprint density at radius 2 is 2.00 bits per heavy atom. The van der Waals surface area contributed by atoms with Crippen LogP contribution in [0.4, 0.5) is 0 Å². The molecule has 3 heteroatoms. The van der Waals surface area contributed by atoms with Crippen molar-refractivity contribution < 1.29 is 4.79 Å². The van der Waals surface area contributed by atoms with Gasteiger partial charge in [-0.15, -0.1) is 0 Å². The predicted octanol–water partition coefficient (Wildman–Crippen LogP) is 1.56. The van der Waals surface area contributed by atoms with Gasteiger partial charge in [-0.1, -0.05) is 31.4 Å². The predicted molar refractivity (Wildman–Crippen MR) is 54.5 cm³/mol. The lowest BCUT2D eigenvalue weighted by molar-refractivity contribution is -0.113. The monoisotopic (exact) mass is 176 g/mol. The summed E-state index contributed by atoms with van der Waals surface area (Å²) in [5.74, 6) is -0.474. The van der Waals surface area contributed by atoms with E-state index in [4.69, 9.17) is 5.41 Å². The molecule has 0 bridgehead atoms. The minimum Gasteiger partial charge on any atom is -0.321 e. The standard InChI is InChI=1S/C10H12N2O/c1-3-5-6-7-9(4-2)12-10(13)8-11/h3-8,11H,1-2H2,(H,12,13)/b6-5-,9-7+,11-8?. The van der Waals surface area contributed by atoms with Gasteiger partial charge in [0.15, 0.2) is 0 Å². The molecule has 13 heavy (non-hydrogen) atoms. The van der Waals surface area contributed by atoms with Crippen LogP contribution in [0.15, 0.2) is 49.2 Å². The van der Waals surface area contributed by atoms with E-state index in [1.165, 1.54) is 6.08 Å². The summed E-state index contributed by atoms with van der Waals surface area (Å²) in [6.45, 7) is 7.00. The molecule has 0 unspecified atom stereocenters. The summed E-state index contributed by atoms with van der Waals surface area (Å²) in [7, 11) is 0. The molecule has 0 radical (unpaired) electrons. The number of hydrogen-bond donors (Lipinski definition) is 2. The number of hydrogen-bond acceptors (Lipinski definition) is 2. The lowest BCUT2D eigenvalue weighted by Crippen LogP contribution is -2.21. The summed E-state index contributed by atoms with van der Waals surface area (Å²) < 4.78 is 0. The van der Waals surface area contributed by atoms with Crippen LogP contribution < -0.4 is 5.32 Å². The fraction of sp³-hybridized carbons (Fsp3) is 0. The highest BCUT2D eigenvalue weighted by atomic mass is 16.1. The molecule has 0 spiro atoms. The molecule has 0 heterocycles. The molecular weight excluding hydrogens is 164 g/mol.